The normalized spacial score (nSPS) is 24.0. The van der Waals surface area contributed by atoms with Gasteiger partial charge in [-0.3, -0.25) is 9.59 Å². The fraction of sp³-hybridized carbons (Fsp3) is 0.455. The lowest BCUT2D eigenvalue weighted by molar-refractivity contribution is -0.138. The number of carbonyl (C=O) groups is 2. The molecule has 2 aliphatic rings. The summed E-state index contributed by atoms with van der Waals surface area (Å²) in [5, 5.41) is 9.07. The molecule has 1 atom stereocenters. The van der Waals surface area contributed by atoms with Crippen LogP contribution >= 0.6 is 11.6 Å². The fourth-order valence-electron chi connectivity index (χ4n) is 4.42. The highest BCUT2D eigenvalue weighted by molar-refractivity contribution is 6.33. The topological polar surface area (TPSA) is 92.6 Å². The minimum atomic E-state index is -0.713. The first-order chi connectivity index (χ1) is 14.4. The SMILES string of the molecule is C[C@@H]1CN(c2ccc(C3CCC(CC(=O)O)CC3)cc2)C(=O)c2c(Cl)ncnc2O1. The Hall–Kier alpha value is -2.67. The van der Waals surface area contributed by atoms with Gasteiger partial charge in [0.2, 0.25) is 5.88 Å². The number of hydrogen-bond acceptors (Lipinski definition) is 5. The molecule has 2 aromatic rings. The predicted molar refractivity (Wildman–Crippen MR) is 112 cm³/mol. The molecule has 158 valence electrons. The van der Waals surface area contributed by atoms with E-state index in [2.05, 4.69) is 22.1 Å². The van der Waals surface area contributed by atoms with Crippen LogP contribution in [0, 0.1) is 5.92 Å². The van der Waals surface area contributed by atoms with Crippen LogP contribution in [-0.4, -0.2) is 39.6 Å². The highest BCUT2D eigenvalue weighted by Crippen LogP contribution is 2.38. The van der Waals surface area contributed by atoms with Gasteiger partial charge in [-0.2, -0.15) is 0 Å². The highest BCUT2D eigenvalue weighted by Gasteiger charge is 2.32. The number of aromatic nitrogens is 2. The van der Waals surface area contributed by atoms with Crippen molar-refractivity contribution >= 4 is 29.2 Å². The zero-order valence-electron chi connectivity index (χ0n) is 16.8. The lowest BCUT2D eigenvalue weighted by Gasteiger charge is -2.28. The van der Waals surface area contributed by atoms with Gasteiger partial charge in [0, 0.05) is 12.1 Å². The molecular weight excluding hydrogens is 406 g/mol. The second-order valence-electron chi connectivity index (χ2n) is 8.10. The average Bonchev–Trinajstić information content (AvgIpc) is 2.85. The number of carbonyl (C=O) groups excluding carboxylic acids is 1. The average molecular weight is 430 g/mol. The summed E-state index contributed by atoms with van der Waals surface area (Å²) in [6.07, 6.45) is 5.16. The molecule has 1 aliphatic heterocycles. The molecule has 0 spiro atoms. The Morgan fingerprint density at radius 2 is 1.90 bits per heavy atom. The Labute approximate surface area is 180 Å². The summed E-state index contributed by atoms with van der Waals surface area (Å²) in [6, 6.07) is 8.02. The molecule has 1 fully saturated rings. The molecule has 1 aromatic heterocycles. The zero-order valence-corrected chi connectivity index (χ0v) is 17.5. The third-order valence-corrected chi connectivity index (χ3v) is 6.25. The molecular formula is C22H24ClN3O4. The van der Waals surface area contributed by atoms with Crippen molar-refractivity contribution in [1.29, 1.82) is 0 Å². The van der Waals surface area contributed by atoms with E-state index >= 15 is 0 Å². The number of fused-ring (bicyclic) bond motifs is 1. The molecule has 8 heteroatoms. The lowest BCUT2D eigenvalue weighted by atomic mass is 9.77. The molecule has 4 rings (SSSR count). The van der Waals surface area contributed by atoms with E-state index in [4.69, 9.17) is 21.4 Å². The Morgan fingerprint density at radius 1 is 1.20 bits per heavy atom. The maximum Gasteiger partial charge on any atom is 0.303 e. The largest absolute Gasteiger partial charge is 0.481 e. The summed E-state index contributed by atoms with van der Waals surface area (Å²) in [6.45, 7) is 2.26. The Kier molecular flexibility index (Phi) is 5.90. The second kappa shape index (κ2) is 8.60. The van der Waals surface area contributed by atoms with Gasteiger partial charge < -0.3 is 14.7 Å². The Morgan fingerprint density at radius 3 is 2.57 bits per heavy atom. The molecule has 1 aliphatic carbocycles. The number of anilines is 1. The molecule has 1 N–H and O–H groups in total. The number of ether oxygens (including phenoxy) is 1. The Balaban J connectivity index is 1.51. The van der Waals surface area contributed by atoms with E-state index in [0.717, 1.165) is 31.4 Å². The van der Waals surface area contributed by atoms with E-state index in [9.17, 15) is 9.59 Å². The van der Waals surface area contributed by atoms with Gasteiger partial charge in [0.1, 0.15) is 23.1 Å². The summed E-state index contributed by atoms with van der Waals surface area (Å²) < 4.78 is 5.78. The number of carboxylic acids is 1. The van der Waals surface area contributed by atoms with Gasteiger partial charge in [0.25, 0.3) is 5.91 Å². The van der Waals surface area contributed by atoms with Crippen molar-refractivity contribution in [3.8, 4) is 5.88 Å². The van der Waals surface area contributed by atoms with Crippen LogP contribution in [-0.2, 0) is 4.79 Å². The molecule has 1 amide bonds. The van der Waals surface area contributed by atoms with Gasteiger partial charge in [-0.05, 0) is 62.1 Å². The first-order valence-corrected chi connectivity index (χ1v) is 10.6. The molecule has 1 saturated carbocycles. The third-order valence-electron chi connectivity index (χ3n) is 5.96. The second-order valence-corrected chi connectivity index (χ2v) is 8.45. The summed E-state index contributed by atoms with van der Waals surface area (Å²) in [7, 11) is 0. The van der Waals surface area contributed by atoms with Crippen molar-refractivity contribution in [2.75, 3.05) is 11.4 Å². The van der Waals surface area contributed by atoms with E-state index in [1.54, 1.807) is 4.90 Å². The van der Waals surface area contributed by atoms with Gasteiger partial charge in [-0.1, -0.05) is 23.7 Å². The van der Waals surface area contributed by atoms with Gasteiger partial charge in [-0.25, -0.2) is 9.97 Å². The first-order valence-electron chi connectivity index (χ1n) is 10.2. The third kappa shape index (κ3) is 4.26. The maximum atomic E-state index is 13.1. The number of rotatable bonds is 4. The summed E-state index contributed by atoms with van der Waals surface area (Å²) >= 11 is 6.16. The van der Waals surface area contributed by atoms with Crippen molar-refractivity contribution in [3.63, 3.8) is 0 Å². The monoisotopic (exact) mass is 429 g/mol. The minimum Gasteiger partial charge on any atom is -0.481 e. The number of nitrogens with zero attached hydrogens (tertiary/aromatic N) is 3. The highest BCUT2D eigenvalue weighted by atomic mass is 35.5. The van der Waals surface area contributed by atoms with Crippen LogP contribution in [0.5, 0.6) is 5.88 Å². The predicted octanol–water partition coefficient (Wildman–Crippen LogP) is 4.31. The van der Waals surface area contributed by atoms with Crippen LogP contribution in [0.15, 0.2) is 30.6 Å². The van der Waals surface area contributed by atoms with Crippen molar-refractivity contribution in [2.24, 2.45) is 5.92 Å². The van der Waals surface area contributed by atoms with Crippen LogP contribution in [0.4, 0.5) is 5.69 Å². The van der Waals surface area contributed by atoms with E-state index in [1.165, 1.54) is 11.9 Å². The molecule has 1 aromatic carbocycles. The number of benzene rings is 1. The van der Waals surface area contributed by atoms with Crippen LogP contribution < -0.4 is 9.64 Å². The number of aliphatic carboxylic acids is 1. The quantitative estimate of drug-likeness (QED) is 0.728. The van der Waals surface area contributed by atoms with Crippen molar-refractivity contribution in [1.82, 2.24) is 9.97 Å². The summed E-state index contributed by atoms with van der Waals surface area (Å²) in [5.41, 5.74) is 2.18. The van der Waals surface area contributed by atoms with E-state index in [0.29, 0.717) is 12.5 Å². The van der Waals surface area contributed by atoms with Crippen LogP contribution in [0.25, 0.3) is 0 Å². The standard InChI is InChI=1S/C22H24ClN3O4/c1-13-11-26(22(29)19-20(23)24-12-25-21(19)30-13)17-8-6-16(7-9-17)15-4-2-14(3-5-15)10-18(27)28/h6-9,12-15H,2-5,10-11H2,1H3,(H,27,28)/t13-,14?,15?/m1/s1. The fourth-order valence-corrected chi connectivity index (χ4v) is 4.62. The van der Waals surface area contributed by atoms with Crippen molar-refractivity contribution in [2.45, 2.75) is 51.0 Å². The lowest BCUT2D eigenvalue weighted by Crippen LogP contribution is -2.36. The minimum absolute atomic E-state index is 0.0823. The van der Waals surface area contributed by atoms with Crippen LogP contribution in [0.3, 0.4) is 0 Å². The Bertz CT molecular complexity index is 942. The number of hydrogen-bond donors (Lipinski definition) is 1. The molecule has 0 radical (unpaired) electrons. The van der Waals surface area contributed by atoms with E-state index in [-0.39, 0.29) is 40.9 Å². The molecule has 7 nitrogen and oxygen atoms in total. The summed E-state index contributed by atoms with van der Waals surface area (Å²) in [4.78, 5) is 33.7. The van der Waals surface area contributed by atoms with E-state index in [1.807, 2.05) is 19.1 Å². The first kappa shape index (κ1) is 20.6. The van der Waals surface area contributed by atoms with Crippen molar-refractivity contribution < 1.29 is 19.4 Å². The molecule has 0 saturated heterocycles. The van der Waals surface area contributed by atoms with Gasteiger partial charge in [-0.15, -0.1) is 0 Å². The number of halogens is 1. The van der Waals surface area contributed by atoms with Gasteiger partial charge >= 0.3 is 5.97 Å². The molecule has 30 heavy (non-hydrogen) atoms. The molecule has 2 heterocycles. The van der Waals surface area contributed by atoms with Crippen LogP contribution in [0.1, 0.15) is 60.9 Å². The smallest absolute Gasteiger partial charge is 0.303 e. The molecule has 0 unspecified atom stereocenters. The maximum absolute atomic E-state index is 13.1. The van der Waals surface area contributed by atoms with Crippen molar-refractivity contribution in [3.05, 3.63) is 46.9 Å². The number of amides is 1. The van der Waals surface area contributed by atoms with Gasteiger partial charge in [0.15, 0.2) is 0 Å². The van der Waals surface area contributed by atoms with E-state index < -0.39 is 5.97 Å². The molecule has 0 bridgehead atoms. The van der Waals surface area contributed by atoms with Crippen LogP contribution in [0.2, 0.25) is 5.15 Å². The zero-order chi connectivity index (χ0) is 21.3. The summed E-state index contributed by atoms with van der Waals surface area (Å²) in [5.74, 6) is -0.0714. The van der Waals surface area contributed by atoms with Gasteiger partial charge in [0.05, 0.1) is 6.54 Å². The number of carboxylic acid groups (broad SMARTS) is 1.